The molecule has 0 aliphatic carbocycles. The van der Waals surface area contributed by atoms with Gasteiger partial charge < -0.3 is 9.73 Å². The zero-order chi connectivity index (χ0) is 16.8. The first kappa shape index (κ1) is 15.9. The molecule has 0 unspecified atom stereocenters. The summed E-state index contributed by atoms with van der Waals surface area (Å²) in [6.07, 6.45) is 2.34. The van der Waals surface area contributed by atoms with Gasteiger partial charge in [-0.2, -0.15) is 0 Å². The van der Waals surface area contributed by atoms with E-state index >= 15 is 0 Å². The number of hydrogen-bond acceptors (Lipinski definition) is 5. The van der Waals surface area contributed by atoms with E-state index in [1.54, 1.807) is 24.5 Å². The molecule has 0 aliphatic rings. The first-order chi connectivity index (χ1) is 11.7. The van der Waals surface area contributed by atoms with E-state index in [4.69, 9.17) is 4.42 Å². The summed E-state index contributed by atoms with van der Waals surface area (Å²) in [6, 6.07) is 16.5. The fourth-order valence-electron chi connectivity index (χ4n) is 2.41. The lowest BCUT2D eigenvalue weighted by atomic mass is 10.2. The van der Waals surface area contributed by atoms with Crippen LogP contribution in [0.5, 0.6) is 0 Å². The highest BCUT2D eigenvalue weighted by atomic mass is 16.6. The van der Waals surface area contributed by atoms with Crippen molar-refractivity contribution in [3.63, 3.8) is 0 Å². The van der Waals surface area contributed by atoms with Gasteiger partial charge >= 0.3 is 0 Å². The van der Waals surface area contributed by atoms with Crippen LogP contribution in [0, 0.1) is 10.1 Å². The van der Waals surface area contributed by atoms with E-state index in [1.807, 2.05) is 30.3 Å². The highest BCUT2D eigenvalue weighted by Gasteiger charge is 2.11. The van der Waals surface area contributed by atoms with E-state index in [0.717, 1.165) is 11.3 Å². The molecule has 0 atom stereocenters. The molecular weight excluding hydrogens is 306 g/mol. The summed E-state index contributed by atoms with van der Waals surface area (Å²) in [5.74, 6) is 0.601. The van der Waals surface area contributed by atoms with Gasteiger partial charge in [-0.25, -0.2) is 4.98 Å². The minimum absolute atomic E-state index is 0.137. The number of hydrogen-bond donors (Lipinski definition) is 1. The lowest BCUT2D eigenvalue weighted by Gasteiger charge is -2.04. The van der Waals surface area contributed by atoms with Crippen LogP contribution in [0.1, 0.15) is 11.3 Å². The fraction of sp³-hybridized carbons (Fsp3) is 0.167. The van der Waals surface area contributed by atoms with E-state index in [9.17, 15) is 10.1 Å². The number of aromatic nitrogens is 1. The van der Waals surface area contributed by atoms with Crippen LogP contribution < -0.4 is 5.32 Å². The molecule has 0 spiro atoms. The Morgan fingerprint density at radius 3 is 2.62 bits per heavy atom. The molecule has 0 fully saturated rings. The molecule has 0 saturated heterocycles. The highest BCUT2D eigenvalue weighted by Crippen LogP contribution is 2.18. The summed E-state index contributed by atoms with van der Waals surface area (Å²) in [5, 5.41) is 14.2. The number of nitro benzene ring substituents is 1. The molecule has 3 rings (SSSR count). The quantitative estimate of drug-likeness (QED) is 0.408. The van der Waals surface area contributed by atoms with Crippen LogP contribution in [0.3, 0.4) is 0 Å². The minimum Gasteiger partial charge on any atom is -0.444 e. The molecule has 0 bridgehead atoms. The molecule has 0 saturated carbocycles. The summed E-state index contributed by atoms with van der Waals surface area (Å²) in [7, 11) is 0. The summed E-state index contributed by atoms with van der Waals surface area (Å²) in [5.41, 5.74) is 2.60. The molecular formula is C18H17N3O3. The molecule has 6 heteroatoms. The standard InChI is InChI=1S/C18H17N3O3/c22-21(23)17-9-5-4-8-15(17)12-19-11-10-16-13-24-18(20-16)14-6-2-1-3-7-14/h1-9,13,19H,10-12H2. The first-order valence-corrected chi connectivity index (χ1v) is 7.67. The van der Waals surface area contributed by atoms with Crippen LogP contribution in [0.25, 0.3) is 11.5 Å². The largest absolute Gasteiger partial charge is 0.444 e. The van der Waals surface area contributed by atoms with Crippen molar-refractivity contribution in [2.24, 2.45) is 0 Å². The molecule has 0 radical (unpaired) electrons. The van der Waals surface area contributed by atoms with Gasteiger partial charge in [-0.05, 0) is 12.1 Å². The summed E-state index contributed by atoms with van der Waals surface area (Å²) < 4.78 is 5.49. The van der Waals surface area contributed by atoms with E-state index < -0.39 is 0 Å². The smallest absolute Gasteiger partial charge is 0.273 e. The molecule has 3 aromatic rings. The molecule has 2 aromatic carbocycles. The van der Waals surface area contributed by atoms with Gasteiger partial charge in [0, 0.05) is 36.7 Å². The Morgan fingerprint density at radius 1 is 1.08 bits per heavy atom. The topological polar surface area (TPSA) is 81.2 Å². The molecule has 0 aliphatic heterocycles. The predicted octanol–water partition coefficient (Wildman–Crippen LogP) is 3.58. The predicted molar refractivity (Wildman–Crippen MR) is 90.4 cm³/mol. The number of rotatable bonds is 7. The highest BCUT2D eigenvalue weighted by molar-refractivity contribution is 5.52. The van der Waals surface area contributed by atoms with E-state index in [1.165, 1.54) is 6.07 Å². The van der Waals surface area contributed by atoms with Crippen LogP contribution in [-0.2, 0) is 13.0 Å². The Labute approximate surface area is 139 Å². The van der Waals surface area contributed by atoms with Crippen LogP contribution >= 0.6 is 0 Å². The van der Waals surface area contributed by atoms with E-state index in [2.05, 4.69) is 10.3 Å². The van der Waals surface area contributed by atoms with Gasteiger partial charge in [0.15, 0.2) is 0 Å². The zero-order valence-electron chi connectivity index (χ0n) is 13.0. The average Bonchev–Trinajstić information content (AvgIpc) is 3.09. The number of oxazole rings is 1. The lowest BCUT2D eigenvalue weighted by molar-refractivity contribution is -0.385. The summed E-state index contributed by atoms with van der Waals surface area (Å²) >= 11 is 0. The van der Waals surface area contributed by atoms with Crippen molar-refractivity contribution in [2.75, 3.05) is 6.54 Å². The van der Waals surface area contributed by atoms with Crippen molar-refractivity contribution < 1.29 is 9.34 Å². The van der Waals surface area contributed by atoms with Gasteiger partial charge in [-0.1, -0.05) is 36.4 Å². The van der Waals surface area contributed by atoms with Gasteiger partial charge in [0.25, 0.3) is 5.69 Å². The summed E-state index contributed by atoms with van der Waals surface area (Å²) in [6.45, 7) is 1.10. The Hall–Kier alpha value is -2.99. The first-order valence-electron chi connectivity index (χ1n) is 7.67. The third kappa shape index (κ3) is 3.85. The fourth-order valence-corrected chi connectivity index (χ4v) is 2.41. The normalized spacial score (nSPS) is 10.7. The van der Waals surface area contributed by atoms with E-state index in [-0.39, 0.29) is 10.6 Å². The number of para-hydroxylation sites is 1. The van der Waals surface area contributed by atoms with Crippen LogP contribution in [0.15, 0.2) is 65.3 Å². The van der Waals surface area contributed by atoms with Crippen molar-refractivity contribution in [3.05, 3.63) is 82.2 Å². The number of benzene rings is 2. The average molecular weight is 323 g/mol. The minimum atomic E-state index is -0.360. The van der Waals surface area contributed by atoms with Crippen LogP contribution in [0.4, 0.5) is 5.69 Å². The second-order valence-corrected chi connectivity index (χ2v) is 5.32. The van der Waals surface area contributed by atoms with Crippen molar-refractivity contribution in [3.8, 4) is 11.5 Å². The Morgan fingerprint density at radius 2 is 1.83 bits per heavy atom. The molecule has 0 amide bonds. The molecule has 1 heterocycles. The maximum atomic E-state index is 11.0. The maximum Gasteiger partial charge on any atom is 0.273 e. The lowest BCUT2D eigenvalue weighted by Crippen LogP contribution is -2.17. The van der Waals surface area contributed by atoms with Crippen molar-refractivity contribution in [1.29, 1.82) is 0 Å². The molecule has 24 heavy (non-hydrogen) atoms. The summed E-state index contributed by atoms with van der Waals surface area (Å²) in [4.78, 5) is 15.1. The third-order valence-electron chi connectivity index (χ3n) is 3.63. The van der Waals surface area contributed by atoms with Crippen molar-refractivity contribution >= 4 is 5.69 Å². The Kier molecular flexibility index (Phi) is 4.98. The van der Waals surface area contributed by atoms with Gasteiger partial charge in [-0.15, -0.1) is 0 Å². The van der Waals surface area contributed by atoms with E-state index in [0.29, 0.717) is 31.0 Å². The molecule has 6 nitrogen and oxygen atoms in total. The number of nitrogens with zero attached hydrogens (tertiary/aromatic N) is 2. The zero-order valence-corrected chi connectivity index (χ0v) is 13.0. The molecule has 122 valence electrons. The monoisotopic (exact) mass is 323 g/mol. The molecule has 1 aromatic heterocycles. The Bertz CT molecular complexity index is 815. The number of nitro groups is 1. The van der Waals surface area contributed by atoms with Crippen molar-refractivity contribution in [1.82, 2.24) is 10.3 Å². The van der Waals surface area contributed by atoms with Crippen LogP contribution in [0.2, 0.25) is 0 Å². The SMILES string of the molecule is O=[N+]([O-])c1ccccc1CNCCc1coc(-c2ccccc2)n1. The Balaban J connectivity index is 1.53. The van der Waals surface area contributed by atoms with Crippen molar-refractivity contribution in [2.45, 2.75) is 13.0 Å². The number of nitrogens with one attached hydrogen (secondary N) is 1. The second-order valence-electron chi connectivity index (χ2n) is 5.32. The van der Waals surface area contributed by atoms with Gasteiger partial charge in [0.1, 0.15) is 6.26 Å². The second kappa shape index (κ2) is 7.52. The van der Waals surface area contributed by atoms with Gasteiger partial charge in [-0.3, -0.25) is 10.1 Å². The van der Waals surface area contributed by atoms with Gasteiger partial charge in [0.2, 0.25) is 5.89 Å². The maximum absolute atomic E-state index is 11.0. The van der Waals surface area contributed by atoms with Gasteiger partial charge in [0.05, 0.1) is 10.6 Å². The third-order valence-corrected chi connectivity index (χ3v) is 3.63. The molecule has 1 N–H and O–H groups in total. The van der Waals surface area contributed by atoms with Crippen LogP contribution in [-0.4, -0.2) is 16.5 Å².